The van der Waals surface area contributed by atoms with Gasteiger partial charge in [-0.2, -0.15) is 4.31 Å². The van der Waals surface area contributed by atoms with E-state index in [0.29, 0.717) is 29.2 Å². The smallest absolute Gasteiger partial charge is 0.319 e. The average molecular weight is 493 g/mol. The van der Waals surface area contributed by atoms with Gasteiger partial charge in [-0.05, 0) is 75.1 Å². The third-order valence-electron chi connectivity index (χ3n) is 5.24. The van der Waals surface area contributed by atoms with Gasteiger partial charge in [-0.3, -0.25) is 4.79 Å². The van der Waals surface area contributed by atoms with Gasteiger partial charge < -0.3 is 16.0 Å². The van der Waals surface area contributed by atoms with Gasteiger partial charge in [0, 0.05) is 29.8 Å². The summed E-state index contributed by atoms with van der Waals surface area (Å²) in [5.74, 6) is -0.298. The van der Waals surface area contributed by atoms with Crippen molar-refractivity contribution in [3.8, 4) is 0 Å². The maximum absolute atomic E-state index is 13.6. The summed E-state index contributed by atoms with van der Waals surface area (Å²) < 4.78 is 28.4. The highest BCUT2D eigenvalue weighted by atomic mass is 35.5. The highest BCUT2D eigenvalue weighted by Crippen LogP contribution is 2.26. The van der Waals surface area contributed by atoms with E-state index >= 15 is 0 Å². The number of sulfonamides is 1. The Morgan fingerprint density at radius 2 is 1.79 bits per heavy atom. The molecule has 0 saturated carbocycles. The van der Waals surface area contributed by atoms with Gasteiger partial charge in [0.05, 0.1) is 4.90 Å². The summed E-state index contributed by atoms with van der Waals surface area (Å²) in [5.41, 5.74) is 1.27. The molecule has 0 aromatic heterocycles. The summed E-state index contributed by atoms with van der Waals surface area (Å²) in [5, 5.41) is 8.72. The van der Waals surface area contributed by atoms with Crippen LogP contribution in [0.3, 0.4) is 0 Å². The van der Waals surface area contributed by atoms with Crippen LogP contribution in [0.2, 0.25) is 5.02 Å². The fraction of sp³-hybridized carbons (Fsp3) is 0.391. The molecule has 33 heavy (non-hydrogen) atoms. The van der Waals surface area contributed by atoms with Gasteiger partial charge in [0.25, 0.3) is 0 Å². The Hall–Kier alpha value is -2.62. The topological polar surface area (TPSA) is 108 Å². The Morgan fingerprint density at radius 3 is 2.42 bits per heavy atom. The van der Waals surface area contributed by atoms with E-state index < -0.39 is 16.1 Å². The number of hydrogen-bond acceptors (Lipinski definition) is 4. The number of carbonyl (C=O) groups excluding carboxylic acids is 2. The van der Waals surface area contributed by atoms with Crippen molar-refractivity contribution in [2.45, 2.75) is 56.6 Å². The zero-order valence-corrected chi connectivity index (χ0v) is 20.2. The highest BCUT2D eigenvalue weighted by Gasteiger charge is 2.36. The zero-order chi connectivity index (χ0) is 24.0. The molecular weight excluding hydrogens is 464 g/mol. The van der Waals surface area contributed by atoms with Gasteiger partial charge in [-0.1, -0.05) is 23.7 Å². The third kappa shape index (κ3) is 6.69. The van der Waals surface area contributed by atoms with Crippen LogP contribution < -0.4 is 16.0 Å². The van der Waals surface area contributed by atoms with Crippen LogP contribution in [0.1, 0.15) is 38.7 Å². The lowest BCUT2D eigenvalue weighted by atomic mass is 10.1. The van der Waals surface area contributed by atoms with Crippen molar-refractivity contribution >= 4 is 39.2 Å². The lowest BCUT2D eigenvalue weighted by molar-refractivity contribution is -0.124. The monoisotopic (exact) mass is 492 g/mol. The van der Waals surface area contributed by atoms with Crippen molar-refractivity contribution in [3.63, 3.8) is 0 Å². The Kier molecular flexibility index (Phi) is 8.34. The number of halogens is 1. The molecular formula is C23H29ClN4O4S. The summed E-state index contributed by atoms with van der Waals surface area (Å²) in [7, 11) is -3.97. The molecule has 1 aliphatic rings. The largest absolute Gasteiger partial charge is 0.355 e. The number of benzene rings is 2. The van der Waals surface area contributed by atoms with Crippen LogP contribution in [-0.2, 0) is 21.4 Å². The van der Waals surface area contributed by atoms with E-state index in [1.165, 1.54) is 28.6 Å². The number of nitrogens with zero attached hydrogens (tertiary/aromatic N) is 1. The lowest BCUT2D eigenvalue weighted by Crippen LogP contribution is -2.48. The first-order chi connectivity index (χ1) is 15.7. The molecule has 1 atom stereocenters. The number of amides is 3. The van der Waals surface area contributed by atoms with Gasteiger partial charge >= 0.3 is 6.03 Å². The molecule has 3 amide bonds. The molecule has 1 saturated heterocycles. The lowest BCUT2D eigenvalue weighted by Gasteiger charge is -2.29. The fourth-order valence-corrected chi connectivity index (χ4v) is 5.34. The van der Waals surface area contributed by atoms with Gasteiger partial charge in [0.15, 0.2) is 0 Å². The van der Waals surface area contributed by atoms with Crippen molar-refractivity contribution in [2.75, 3.05) is 11.9 Å². The number of hydrogen-bond donors (Lipinski definition) is 3. The fourth-order valence-electron chi connectivity index (χ4n) is 3.61. The SMILES string of the molecule is CC(C)NC(=O)Nc1ccc(CN(C2CCCCNC2=O)S(=O)(=O)c2ccc(Cl)cc2)cc1. The Morgan fingerprint density at radius 1 is 1.12 bits per heavy atom. The van der Waals surface area contributed by atoms with Gasteiger partial charge in [0.1, 0.15) is 6.04 Å². The predicted octanol–water partition coefficient (Wildman–Crippen LogP) is 3.73. The zero-order valence-electron chi connectivity index (χ0n) is 18.7. The van der Waals surface area contributed by atoms with E-state index in [4.69, 9.17) is 11.6 Å². The van der Waals surface area contributed by atoms with Crippen LogP contribution in [0, 0.1) is 0 Å². The van der Waals surface area contributed by atoms with Crippen molar-refractivity contribution in [2.24, 2.45) is 0 Å². The van der Waals surface area contributed by atoms with E-state index in [2.05, 4.69) is 16.0 Å². The molecule has 1 heterocycles. The molecule has 2 aromatic rings. The number of urea groups is 1. The van der Waals surface area contributed by atoms with Crippen LogP contribution in [0.5, 0.6) is 0 Å². The van der Waals surface area contributed by atoms with E-state index in [1.807, 2.05) is 13.8 Å². The van der Waals surface area contributed by atoms with Gasteiger partial charge in [-0.15, -0.1) is 0 Å². The van der Waals surface area contributed by atoms with Crippen molar-refractivity contribution in [1.29, 1.82) is 0 Å². The van der Waals surface area contributed by atoms with Crippen LogP contribution in [-0.4, -0.2) is 43.3 Å². The molecule has 2 aromatic carbocycles. The molecule has 1 fully saturated rings. The summed E-state index contributed by atoms with van der Waals surface area (Å²) >= 11 is 5.94. The van der Waals surface area contributed by atoms with Crippen molar-refractivity contribution in [1.82, 2.24) is 14.9 Å². The molecule has 0 spiro atoms. The molecule has 3 rings (SSSR count). The second kappa shape index (κ2) is 11.0. The number of rotatable bonds is 7. The number of anilines is 1. The molecule has 0 radical (unpaired) electrons. The summed E-state index contributed by atoms with van der Waals surface area (Å²) in [6.45, 7) is 4.27. The van der Waals surface area contributed by atoms with Gasteiger partial charge in [0.2, 0.25) is 15.9 Å². The first-order valence-corrected chi connectivity index (χ1v) is 12.7. The maximum atomic E-state index is 13.6. The molecule has 0 bridgehead atoms. The minimum Gasteiger partial charge on any atom is -0.355 e. The van der Waals surface area contributed by atoms with E-state index in [-0.39, 0.29) is 29.4 Å². The van der Waals surface area contributed by atoms with Crippen molar-refractivity contribution in [3.05, 3.63) is 59.1 Å². The Bertz CT molecular complexity index is 1070. The van der Waals surface area contributed by atoms with E-state index in [0.717, 1.165) is 12.8 Å². The summed E-state index contributed by atoms with van der Waals surface area (Å²) in [6.07, 6.45) is 1.98. The van der Waals surface area contributed by atoms with Gasteiger partial charge in [-0.25, -0.2) is 13.2 Å². The number of nitrogens with one attached hydrogen (secondary N) is 3. The third-order valence-corrected chi connectivity index (χ3v) is 7.36. The van der Waals surface area contributed by atoms with Crippen LogP contribution in [0.15, 0.2) is 53.4 Å². The van der Waals surface area contributed by atoms with E-state index in [9.17, 15) is 18.0 Å². The molecule has 178 valence electrons. The van der Waals surface area contributed by atoms with Crippen LogP contribution >= 0.6 is 11.6 Å². The minimum absolute atomic E-state index is 0.00151. The molecule has 10 heteroatoms. The summed E-state index contributed by atoms with van der Waals surface area (Å²) in [6, 6.07) is 11.7. The molecule has 1 aliphatic heterocycles. The molecule has 8 nitrogen and oxygen atoms in total. The Labute approximate surface area is 199 Å². The quantitative estimate of drug-likeness (QED) is 0.547. The highest BCUT2D eigenvalue weighted by molar-refractivity contribution is 7.89. The maximum Gasteiger partial charge on any atom is 0.319 e. The second-order valence-corrected chi connectivity index (χ2v) is 10.6. The standard InChI is InChI=1S/C23H29ClN4O4S/c1-16(2)26-23(30)27-19-10-6-17(7-11-19)15-28(21-5-3-4-14-25-22(21)29)33(31,32)20-12-8-18(24)9-13-20/h6-13,16,21H,3-5,14-15H2,1-2H3,(H,25,29)(H2,26,27,30). The molecule has 0 aliphatic carbocycles. The van der Waals surface area contributed by atoms with Crippen molar-refractivity contribution < 1.29 is 18.0 Å². The molecule has 1 unspecified atom stereocenters. The molecule has 3 N–H and O–H groups in total. The Balaban J connectivity index is 1.87. The first kappa shape index (κ1) is 25.0. The normalized spacial score (nSPS) is 16.9. The first-order valence-electron chi connectivity index (χ1n) is 10.9. The average Bonchev–Trinajstić information content (AvgIpc) is 2.97. The minimum atomic E-state index is -3.97. The number of carbonyl (C=O) groups is 2. The van der Waals surface area contributed by atoms with E-state index in [1.54, 1.807) is 24.3 Å². The van der Waals surface area contributed by atoms with Crippen LogP contribution in [0.25, 0.3) is 0 Å². The van der Waals surface area contributed by atoms with Crippen LogP contribution in [0.4, 0.5) is 10.5 Å². The predicted molar refractivity (Wildman–Crippen MR) is 129 cm³/mol. The second-order valence-electron chi connectivity index (χ2n) is 8.26. The summed E-state index contributed by atoms with van der Waals surface area (Å²) in [4.78, 5) is 24.7.